The van der Waals surface area contributed by atoms with Gasteiger partial charge in [0.2, 0.25) is 0 Å². The van der Waals surface area contributed by atoms with Crippen molar-refractivity contribution in [2.45, 2.75) is 63.5 Å². The van der Waals surface area contributed by atoms with Crippen LogP contribution in [0.3, 0.4) is 0 Å². The van der Waals surface area contributed by atoms with Gasteiger partial charge in [-0.25, -0.2) is 0 Å². The van der Waals surface area contributed by atoms with E-state index < -0.39 is 0 Å². The number of hydrogen-bond donors (Lipinski definition) is 2. The molecule has 0 aromatic heterocycles. The summed E-state index contributed by atoms with van der Waals surface area (Å²) in [5, 5.41) is 6.88. The molecule has 3 rings (SSSR count). The van der Waals surface area contributed by atoms with Crippen LogP contribution >= 0.6 is 0 Å². The maximum Gasteiger partial charge on any atom is 0.00702 e. The number of nitrogens with one attached hydrogen (secondary N) is 2. The summed E-state index contributed by atoms with van der Waals surface area (Å²) >= 11 is 0. The third-order valence-electron chi connectivity index (χ3n) is 3.65. The maximum absolute atomic E-state index is 3.59. The fourth-order valence-electron chi connectivity index (χ4n) is 2.77. The van der Waals surface area contributed by atoms with Gasteiger partial charge in [-0.05, 0) is 51.6 Å². The topological polar surface area (TPSA) is 24.1 Å². The van der Waals surface area contributed by atoms with Gasteiger partial charge in [0.1, 0.15) is 0 Å². The lowest BCUT2D eigenvalue weighted by Crippen LogP contribution is -2.33. The molecule has 0 aromatic carbocycles. The average Bonchev–Trinajstić information content (AvgIpc) is 2.61. The molecule has 3 aliphatic heterocycles. The summed E-state index contributed by atoms with van der Waals surface area (Å²) in [7, 11) is 0. The van der Waals surface area contributed by atoms with Crippen molar-refractivity contribution in [2.24, 2.45) is 0 Å². The lowest BCUT2D eigenvalue weighted by atomic mass is 10.1. The van der Waals surface area contributed by atoms with Gasteiger partial charge in [0.25, 0.3) is 0 Å². The van der Waals surface area contributed by atoms with Gasteiger partial charge < -0.3 is 10.6 Å². The first-order valence-electron chi connectivity index (χ1n) is 6.42. The molecule has 0 radical (unpaired) electrons. The monoisotopic (exact) mass is 196 g/mol. The molecule has 0 saturated carbocycles. The Morgan fingerprint density at radius 2 is 1.29 bits per heavy atom. The molecule has 82 valence electrons. The SMILES string of the molecule is C1CC2CCC(C1)N2.C1CCNCC1. The predicted molar refractivity (Wildman–Crippen MR) is 60.5 cm³/mol. The van der Waals surface area contributed by atoms with E-state index in [0.29, 0.717) is 0 Å². The Balaban J connectivity index is 0.000000112. The van der Waals surface area contributed by atoms with Gasteiger partial charge >= 0.3 is 0 Å². The fourth-order valence-corrected chi connectivity index (χ4v) is 2.77. The highest BCUT2D eigenvalue weighted by atomic mass is 15.0. The zero-order valence-corrected chi connectivity index (χ0v) is 9.23. The van der Waals surface area contributed by atoms with Crippen molar-refractivity contribution in [1.82, 2.24) is 10.6 Å². The van der Waals surface area contributed by atoms with Crippen LogP contribution in [0, 0.1) is 0 Å². The van der Waals surface area contributed by atoms with Crippen LogP contribution in [0.4, 0.5) is 0 Å². The molecular weight excluding hydrogens is 172 g/mol. The molecule has 2 N–H and O–H groups in total. The molecule has 2 bridgehead atoms. The molecule has 3 heterocycles. The van der Waals surface area contributed by atoms with Crippen LogP contribution in [0.5, 0.6) is 0 Å². The minimum Gasteiger partial charge on any atom is -0.317 e. The first-order chi connectivity index (χ1) is 6.95. The maximum atomic E-state index is 3.59. The van der Waals surface area contributed by atoms with Crippen molar-refractivity contribution in [3.63, 3.8) is 0 Å². The highest BCUT2D eigenvalue weighted by Crippen LogP contribution is 2.25. The number of piperidine rings is 2. The zero-order chi connectivity index (χ0) is 9.64. The Kier molecular flexibility index (Phi) is 4.26. The Morgan fingerprint density at radius 1 is 0.643 bits per heavy atom. The molecule has 3 aliphatic rings. The van der Waals surface area contributed by atoms with E-state index in [9.17, 15) is 0 Å². The standard InChI is InChI=1S/C7H13N.C5H11N/c1-2-6-4-5-7(3-1)8-6;1-2-4-6-5-3-1/h6-8H,1-5H2;6H,1-5H2. The molecule has 2 nitrogen and oxygen atoms in total. The normalized spacial score (nSPS) is 36.0. The van der Waals surface area contributed by atoms with E-state index in [1.54, 1.807) is 0 Å². The number of rotatable bonds is 0. The Morgan fingerprint density at radius 3 is 1.64 bits per heavy atom. The van der Waals surface area contributed by atoms with Crippen molar-refractivity contribution < 1.29 is 0 Å². The van der Waals surface area contributed by atoms with E-state index >= 15 is 0 Å². The summed E-state index contributed by atoms with van der Waals surface area (Å²) in [5.74, 6) is 0. The second kappa shape index (κ2) is 5.72. The summed E-state index contributed by atoms with van der Waals surface area (Å²) in [6.45, 7) is 2.50. The van der Waals surface area contributed by atoms with Gasteiger partial charge in [0.15, 0.2) is 0 Å². The zero-order valence-electron chi connectivity index (χ0n) is 9.23. The van der Waals surface area contributed by atoms with Crippen LogP contribution in [0.2, 0.25) is 0 Å². The van der Waals surface area contributed by atoms with Gasteiger partial charge in [-0.15, -0.1) is 0 Å². The molecular formula is C12H24N2. The van der Waals surface area contributed by atoms with Gasteiger partial charge in [0.05, 0.1) is 0 Å². The Bertz CT molecular complexity index is 129. The summed E-state index contributed by atoms with van der Waals surface area (Å²) in [5.41, 5.74) is 0. The molecule has 3 saturated heterocycles. The lowest BCUT2D eigenvalue weighted by molar-refractivity contribution is 0.406. The number of fused-ring (bicyclic) bond motifs is 2. The highest BCUT2D eigenvalue weighted by Gasteiger charge is 2.26. The summed E-state index contributed by atoms with van der Waals surface area (Å²) in [6.07, 6.45) is 11.5. The second-order valence-electron chi connectivity index (χ2n) is 4.88. The van der Waals surface area contributed by atoms with Crippen LogP contribution in [-0.4, -0.2) is 25.2 Å². The minimum absolute atomic E-state index is 0.911. The van der Waals surface area contributed by atoms with Crippen molar-refractivity contribution in [3.05, 3.63) is 0 Å². The molecule has 0 amide bonds. The molecule has 2 unspecified atom stereocenters. The fraction of sp³-hybridized carbons (Fsp3) is 1.00. The molecule has 0 aromatic rings. The molecule has 3 fully saturated rings. The molecule has 2 heteroatoms. The summed E-state index contributed by atoms with van der Waals surface area (Å²) in [6, 6.07) is 1.82. The Hall–Kier alpha value is -0.0800. The first kappa shape index (κ1) is 10.4. The van der Waals surface area contributed by atoms with Crippen molar-refractivity contribution in [1.29, 1.82) is 0 Å². The third-order valence-corrected chi connectivity index (χ3v) is 3.65. The van der Waals surface area contributed by atoms with E-state index in [0.717, 1.165) is 12.1 Å². The van der Waals surface area contributed by atoms with Crippen LogP contribution in [0.25, 0.3) is 0 Å². The minimum atomic E-state index is 0.911. The quantitative estimate of drug-likeness (QED) is 0.619. The van der Waals surface area contributed by atoms with Crippen LogP contribution in [0.1, 0.15) is 51.4 Å². The molecule has 2 atom stereocenters. The number of hydrogen-bond acceptors (Lipinski definition) is 2. The van der Waals surface area contributed by atoms with E-state index in [-0.39, 0.29) is 0 Å². The summed E-state index contributed by atoms with van der Waals surface area (Å²) < 4.78 is 0. The molecule has 0 spiro atoms. The van der Waals surface area contributed by atoms with Crippen LogP contribution in [0.15, 0.2) is 0 Å². The molecule has 14 heavy (non-hydrogen) atoms. The average molecular weight is 196 g/mol. The molecule has 0 aliphatic carbocycles. The van der Waals surface area contributed by atoms with E-state index in [1.807, 2.05) is 0 Å². The van der Waals surface area contributed by atoms with E-state index in [1.165, 1.54) is 64.5 Å². The largest absolute Gasteiger partial charge is 0.317 e. The van der Waals surface area contributed by atoms with Crippen molar-refractivity contribution in [3.8, 4) is 0 Å². The van der Waals surface area contributed by atoms with Gasteiger partial charge in [-0.3, -0.25) is 0 Å². The highest BCUT2D eigenvalue weighted by molar-refractivity contribution is 4.87. The predicted octanol–water partition coefficient (Wildman–Crippen LogP) is 2.05. The first-order valence-corrected chi connectivity index (χ1v) is 6.42. The summed E-state index contributed by atoms with van der Waals surface area (Å²) in [4.78, 5) is 0. The van der Waals surface area contributed by atoms with Gasteiger partial charge in [-0.1, -0.05) is 12.8 Å². The van der Waals surface area contributed by atoms with E-state index in [4.69, 9.17) is 0 Å². The third kappa shape index (κ3) is 3.25. The van der Waals surface area contributed by atoms with Gasteiger partial charge in [0, 0.05) is 12.1 Å². The van der Waals surface area contributed by atoms with Crippen LogP contribution in [-0.2, 0) is 0 Å². The smallest absolute Gasteiger partial charge is 0.00702 e. The van der Waals surface area contributed by atoms with E-state index in [2.05, 4.69) is 10.6 Å². The second-order valence-corrected chi connectivity index (χ2v) is 4.88. The lowest BCUT2D eigenvalue weighted by Gasteiger charge is -2.19. The van der Waals surface area contributed by atoms with Gasteiger partial charge in [-0.2, -0.15) is 0 Å². The van der Waals surface area contributed by atoms with Crippen LogP contribution < -0.4 is 10.6 Å². The van der Waals surface area contributed by atoms with Crippen molar-refractivity contribution >= 4 is 0 Å². The van der Waals surface area contributed by atoms with Crippen molar-refractivity contribution in [2.75, 3.05) is 13.1 Å². The Labute approximate surface area is 87.8 Å².